The summed E-state index contributed by atoms with van der Waals surface area (Å²) in [5, 5.41) is 10.8. The van der Waals surface area contributed by atoms with E-state index in [4.69, 9.17) is 4.74 Å². The van der Waals surface area contributed by atoms with Crippen molar-refractivity contribution in [2.24, 2.45) is 4.99 Å². The Hall–Kier alpha value is -3.87. The number of benzene rings is 2. The minimum absolute atomic E-state index is 0.0244. The maximum absolute atomic E-state index is 12.4. The van der Waals surface area contributed by atoms with Crippen molar-refractivity contribution in [3.05, 3.63) is 80.5 Å². The van der Waals surface area contributed by atoms with Crippen LogP contribution in [0.4, 0.5) is 5.69 Å². The Balaban J connectivity index is 1.94. The van der Waals surface area contributed by atoms with Gasteiger partial charge >= 0.3 is 5.69 Å². The number of rotatable bonds is 3. The summed E-state index contributed by atoms with van der Waals surface area (Å²) in [6.07, 6.45) is 1.55. The third-order valence-corrected chi connectivity index (χ3v) is 4.59. The Morgan fingerprint density at radius 3 is 2.71 bits per heavy atom. The lowest BCUT2D eigenvalue weighted by molar-refractivity contribution is 0.412. The molecule has 2 aromatic carbocycles. The lowest BCUT2D eigenvalue weighted by Crippen LogP contribution is -2.30. The van der Waals surface area contributed by atoms with Crippen molar-refractivity contribution in [2.75, 3.05) is 7.11 Å². The van der Waals surface area contributed by atoms with Crippen LogP contribution in [0.5, 0.6) is 11.6 Å². The van der Waals surface area contributed by atoms with Crippen LogP contribution >= 0.6 is 0 Å². The third kappa shape index (κ3) is 2.83. The highest BCUT2D eigenvalue weighted by Gasteiger charge is 2.20. The van der Waals surface area contributed by atoms with Gasteiger partial charge in [0, 0.05) is 22.9 Å². The van der Waals surface area contributed by atoms with Crippen LogP contribution in [0.3, 0.4) is 0 Å². The van der Waals surface area contributed by atoms with Gasteiger partial charge in [-0.15, -0.1) is 0 Å². The Kier molecular flexibility index (Phi) is 4.19. The molecule has 7 heteroatoms. The van der Waals surface area contributed by atoms with Crippen molar-refractivity contribution < 1.29 is 9.84 Å². The number of aromatic hydroxyl groups is 1. The molecule has 1 aliphatic rings. The molecule has 4 rings (SSSR count). The number of hydrogen-bond donors (Lipinski definition) is 2. The fourth-order valence-electron chi connectivity index (χ4n) is 3.22. The zero-order chi connectivity index (χ0) is 19.8. The van der Waals surface area contributed by atoms with Crippen molar-refractivity contribution in [1.82, 2.24) is 9.55 Å². The summed E-state index contributed by atoms with van der Waals surface area (Å²) in [5.41, 5.74) is 2.02. The van der Waals surface area contributed by atoms with Crippen LogP contribution < -0.4 is 16.0 Å². The molecule has 7 nitrogen and oxygen atoms in total. The highest BCUT2D eigenvalue weighted by molar-refractivity contribution is 6.31. The molecule has 3 aromatic rings. The lowest BCUT2D eigenvalue weighted by atomic mass is 10.0. The van der Waals surface area contributed by atoms with Crippen LogP contribution in [0.25, 0.3) is 17.3 Å². The highest BCUT2D eigenvalue weighted by Crippen LogP contribution is 2.36. The number of ether oxygens (including phenoxy) is 1. The van der Waals surface area contributed by atoms with Gasteiger partial charge in [-0.25, -0.2) is 9.36 Å². The van der Waals surface area contributed by atoms with Gasteiger partial charge in [0.15, 0.2) is 0 Å². The van der Waals surface area contributed by atoms with Gasteiger partial charge in [-0.05, 0) is 31.2 Å². The molecular weight excluding hydrogens is 358 g/mol. The molecule has 0 saturated heterocycles. The SMILES string of the molecule is COc1cccc(-n2c(O)c(C=C3C(C)=Nc4ccccc43)c(=O)[nH]c2=O)c1. The molecule has 1 aromatic heterocycles. The normalized spacial score (nSPS) is 14.1. The first-order valence-corrected chi connectivity index (χ1v) is 8.59. The largest absolute Gasteiger partial charge is 0.497 e. The molecule has 1 aliphatic heterocycles. The molecule has 28 heavy (non-hydrogen) atoms. The number of nitrogens with one attached hydrogen (secondary N) is 1. The quantitative estimate of drug-likeness (QED) is 0.736. The van der Waals surface area contributed by atoms with Crippen molar-refractivity contribution in [3.63, 3.8) is 0 Å². The number of aromatic amines is 1. The van der Waals surface area contributed by atoms with Crippen LogP contribution in [-0.2, 0) is 0 Å². The number of allylic oxidation sites excluding steroid dienone is 1. The Morgan fingerprint density at radius 1 is 1.14 bits per heavy atom. The second kappa shape index (κ2) is 6.70. The molecular formula is C21H17N3O4. The summed E-state index contributed by atoms with van der Waals surface area (Å²) >= 11 is 0. The maximum atomic E-state index is 12.4. The lowest BCUT2D eigenvalue weighted by Gasteiger charge is -2.11. The third-order valence-electron chi connectivity index (χ3n) is 4.59. The van der Waals surface area contributed by atoms with Gasteiger partial charge in [-0.2, -0.15) is 0 Å². The molecule has 2 heterocycles. The smallest absolute Gasteiger partial charge is 0.335 e. The summed E-state index contributed by atoms with van der Waals surface area (Å²) < 4.78 is 6.21. The van der Waals surface area contributed by atoms with Crippen molar-refractivity contribution >= 4 is 23.0 Å². The fourth-order valence-corrected chi connectivity index (χ4v) is 3.22. The zero-order valence-corrected chi connectivity index (χ0v) is 15.3. The summed E-state index contributed by atoms with van der Waals surface area (Å²) in [6.45, 7) is 1.83. The highest BCUT2D eigenvalue weighted by atomic mass is 16.5. The van der Waals surface area contributed by atoms with E-state index in [1.54, 1.807) is 30.3 Å². The van der Waals surface area contributed by atoms with Crippen molar-refractivity contribution in [1.29, 1.82) is 0 Å². The number of para-hydroxylation sites is 1. The Morgan fingerprint density at radius 2 is 1.93 bits per heavy atom. The Labute approximate surface area is 159 Å². The average Bonchev–Trinajstić information content (AvgIpc) is 3.00. The number of aliphatic imine (C=N–C) groups is 1. The first-order chi connectivity index (χ1) is 13.5. The fraction of sp³-hybridized carbons (Fsp3) is 0.0952. The molecule has 0 amide bonds. The van der Waals surface area contributed by atoms with E-state index in [0.29, 0.717) is 17.0 Å². The van der Waals surface area contributed by atoms with Gasteiger partial charge in [0.2, 0.25) is 5.88 Å². The van der Waals surface area contributed by atoms with Gasteiger partial charge < -0.3 is 9.84 Å². The second-order valence-corrected chi connectivity index (χ2v) is 6.31. The molecule has 0 bridgehead atoms. The average molecular weight is 375 g/mol. The van der Waals surface area contributed by atoms with E-state index in [1.165, 1.54) is 7.11 Å². The molecule has 0 saturated carbocycles. The van der Waals surface area contributed by atoms with Crippen molar-refractivity contribution in [3.8, 4) is 17.3 Å². The topological polar surface area (TPSA) is 96.7 Å². The minimum atomic E-state index is -0.741. The summed E-state index contributed by atoms with van der Waals surface area (Å²) in [7, 11) is 1.50. The molecule has 2 N–H and O–H groups in total. The van der Waals surface area contributed by atoms with E-state index < -0.39 is 17.1 Å². The number of methoxy groups -OCH3 is 1. The number of H-pyrrole nitrogens is 1. The summed E-state index contributed by atoms with van der Waals surface area (Å²) in [6, 6.07) is 14.2. The molecule has 0 atom stereocenters. The van der Waals surface area contributed by atoms with Gasteiger partial charge in [-0.1, -0.05) is 24.3 Å². The van der Waals surface area contributed by atoms with E-state index in [0.717, 1.165) is 21.5 Å². The second-order valence-electron chi connectivity index (χ2n) is 6.31. The number of nitrogens with zero attached hydrogens (tertiary/aromatic N) is 2. The molecule has 0 unspecified atom stereocenters. The van der Waals surface area contributed by atoms with E-state index in [-0.39, 0.29) is 5.56 Å². The van der Waals surface area contributed by atoms with Gasteiger partial charge in [-0.3, -0.25) is 14.8 Å². The number of hydrogen-bond acceptors (Lipinski definition) is 5. The van der Waals surface area contributed by atoms with Gasteiger partial charge in [0.05, 0.1) is 18.5 Å². The molecule has 0 fully saturated rings. The van der Waals surface area contributed by atoms with Gasteiger partial charge in [0.1, 0.15) is 11.3 Å². The van der Waals surface area contributed by atoms with Crippen LogP contribution in [0.15, 0.2) is 63.1 Å². The van der Waals surface area contributed by atoms with Crippen LogP contribution in [0.2, 0.25) is 0 Å². The maximum Gasteiger partial charge on any atom is 0.335 e. The van der Waals surface area contributed by atoms with Crippen LogP contribution in [-0.4, -0.2) is 27.5 Å². The van der Waals surface area contributed by atoms with Gasteiger partial charge in [0.25, 0.3) is 5.56 Å². The van der Waals surface area contributed by atoms with E-state index in [1.807, 2.05) is 31.2 Å². The van der Waals surface area contributed by atoms with E-state index in [2.05, 4.69) is 9.98 Å². The standard InChI is InChI=1S/C21H17N3O4/c1-12-16(15-8-3-4-9-18(15)22-12)11-17-19(25)23-21(27)24(20(17)26)13-6-5-7-14(10-13)28-2/h3-11,26H,1-2H3,(H,23,25,27). The summed E-state index contributed by atoms with van der Waals surface area (Å²) in [4.78, 5) is 31.6. The number of fused-ring (bicyclic) bond motifs is 1. The van der Waals surface area contributed by atoms with Crippen molar-refractivity contribution in [2.45, 2.75) is 6.92 Å². The minimum Gasteiger partial charge on any atom is -0.497 e. The van der Waals surface area contributed by atoms with E-state index in [9.17, 15) is 14.7 Å². The van der Waals surface area contributed by atoms with Crippen LogP contribution in [0, 0.1) is 0 Å². The Bertz CT molecular complexity index is 1270. The molecule has 0 radical (unpaired) electrons. The predicted molar refractivity (Wildman–Crippen MR) is 108 cm³/mol. The molecule has 0 spiro atoms. The monoisotopic (exact) mass is 375 g/mol. The zero-order valence-electron chi connectivity index (χ0n) is 15.3. The first kappa shape index (κ1) is 17.5. The molecule has 0 aliphatic carbocycles. The van der Waals surface area contributed by atoms with E-state index >= 15 is 0 Å². The number of aromatic nitrogens is 2. The predicted octanol–water partition coefficient (Wildman–Crippen LogP) is 2.89. The summed E-state index contributed by atoms with van der Waals surface area (Å²) in [5.74, 6) is 0.0642. The first-order valence-electron chi connectivity index (χ1n) is 8.59. The van der Waals surface area contributed by atoms with Crippen LogP contribution in [0.1, 0.15) is 18.1 Å². The molecule has 140 valence electrons.